The fraction of sp³-hybridized carbons (Fsp3) is 0.333. The maximum absolute atomic E-state index is 12.7. The molecule has 0 bridgehead atoms. The predicted octanol–water partition coefficient (Wildman–Crippen LogP) is 1.37. The summed E-state index contributed by atoms with van der Waals surface area (Å²) in [4.78, 5) is 0. The van der Waals surface area contributed by atoms with Gasteiger partial charge in [-0.05, 0) is 36.6 Å². The Morgan fingerprint density at radius 1 is 1.42 bits per heavy atom. The smallest absolute Gasteiger partial charge is 0.124 e. The first-order valence-corrected chi connectivity index (χ1v) is 3.74. The molecular weight excluding hydrogens is 159 g/mol. The number of hydrogen-bond donors (Lipinski definition) is 2. The highest BCUT2D eigenvalue weighted by atomic mass is 19.1. The molecule has 0 saturated heterocycles. The molecule has 0 radical (unpaired) electrons. The second-order valence-electron chi connectivity index (χ2n) is 2.70. The van der Waals surface area contributed by atoms with Crippen molar-refractivity contribution >= 4 is 0 Å². The Labute approximate surface area is 70.3 Å². The van der Waals surface area contributed by atoms with Crippen LogP contribution in [0.4, 0.5) is 4.39 Å². The van der Waals surface area contributed by atoms with Crippen molar-refractivity contribution in [1.29, 1.82) is 0 Å². The van der Waals surface area contributed by atoms with E-state index in [4.69, 9.17) is 5.11 Å². The molecule has 1 rings (SSSR count). The van der Waals surface area contributed by atoms with Gasteiger partial charge in [0.05, 0.1) is 0 Å². The molecule has 0 atom stereocenters. The van der Waals surface area contributed by atoms with E-state index in [9.17, 15) is 9.50 Å². The van der Waals surface area contributed by atoms with Gasteiger partial charge in [0.2, 0.25) is 0 Å². The van der Waals surface area contributed by atoms with Gasteiger partial charge in [0.25, 0.3) is 0 Å². The van der Waals surface area contributed by atoms with Crippen LogP contribution in [0.5, 0.6) is 5.75 Å². The fourth-order valence-corrected chi connectivity index (χ4v) is 1.12. The van der Waals surface area contributed by atoms with Crippen LogP contribution in [-0.2, 0) is 6.42 Å². The molecule has 0 saturated carbocycles. The van der Waals surface area contributed by atoms with Crippen LogP contribution in [0.1, 0.15) is 11.1 Å². The number of aliphatic hydroxyl groups is 1. The third kappa shape index (κ3) is 1.74. The Bertz CT molecular complexity index is 284. The van der Waals surface area contributed by atoms with E-state index in [1.807, 2.05) is 0 Å². The molecule has 2 N–H and O–H groups in total. The second kappa shape index (κ2) is 3.54. The van der Waals surface area contributed by atoms with E-state index in [0.717, 1.165) is 0 Å². The summed E-state index contributed by atoms with van der Waals surface area (Å²) in [5.74, 6) is -0.306. The van der Waals surface area contributed by atoms with E-state index in [1.165, 1.54) is 12.1 Å². The van der Waals surface area contributed by atoms with Gasteiger partial charge in [-0.2, -0.15) is 0 Å². The normalized spacial score (nSPS) is 10.2. The lowest BCUT2D eigenvalue weighted by Gasteiger charge is -2.05. The Hall–Kier alpha value is -1.09. The van der Waals surface area contributed by atoms with Crippen LogP contribution >= 0.6 is 0 Å². The first-order chi connectivity index (χ1) is 5.65. The number of benzene rings is 1. The summed E-state index contributed by atoms with van der Waals surface area (Å²) < 4.78 is 12.7. The first kappa shape index (κ1) is 9.00. The molecule has 0 aliphatic heterocycles. The number of aromatic hydroxyl groups is 1. The standard InChI is InChI=1S/C9H11FO2/c1-6-4-8(10)5-7(2-3-11)9(6)12/h4-5,11-12H,2-3H2,1H3. The average Bonchev–Trinajstić information content (AvgIpc) is 2.00. The SMILES string of the molecule is Cc1cc(F)cc(CCO)c1O. The predicted molar refractivity (Wildman–Crippen MR) is 43.6 cm³/mol. The molecule has 2 nitrogen and oxygen atoms in total. The van der Waals surface area contributed by atoms with E-state index in [2.05, 4.69) is 0 Å². The number of halogens is 1. The quantitative estimate of drug-likeness (QED) is 0.703. The van der Waals surface area contributed by atoms with Gasteiger partial charge >= 0.3 is 0 Å². The first-order valence-electron chi connectivity index (χ1n) is 3.74. The van der Waals surface area contributed by atoms with Gasteiger partial charge in [0, 0.05) is 6.61 Å². The van der Waals surface area contributed by atoms with Crippen LogP contribution in [0.25, 0.3) is 0 Å². The Morgan fingerprint density at radius 2 is 2.08 bits per heavy atom. The highest BCUT2D eigenvalue weighted by molar-refractivity contribution is 5.40. The number of phenolic OH excluding ortho intramolecular Hbond substituents is 1. The summed E-state index contributed by atoms with van der Waals surface area (Å²) in [6.45, 7) is 1.54. The van der Waals surface area contributed by atoms with Gasteiger partial charge < -0.3 is 10.2 Å². The summed E-state index contributed by atoms with van der Waals surface area (Å²) in [6, 6.07) is 2.49. The lowest BCUT2D eigenvalue weighted by atomic mass is 10.1. The molecule has 1 aromatic carbocycles. The monoisotopic (exact) mass is 170 g/mol. The molecule has 0 heterocycles. The van der Waals surface area contributed by atoms with E-state index >= 15 is 0 Å². The molecule has 66 valence electrons. The maximum atomic E-state index is 12.7. The summed E-state index contributed by atoms with van der Waals surface area (Å²) in [5.41, 5.74) is 0.952. The van der Waals surface area contributed by atoms with Crippen LogP contribution in [0.2, 0.25) is 0 Å². The van der Waals surface area contributed by atoms with Crippen LogP contribution in [0.15, 0.2) is 12.1 Å². The minimum absolute atomic E-state index is 0.0745. The molecule has 0 spiro atoms. The molecule has 1 aromatic rings. The molecule has 0 amide bonds. The lowest BCUT2D eigenvalue weighted by Crippen LogP contribution is -1.94. The lowest BCUT2D eigenvalue weighted by molar-refractivity contribution is 0.297. The van der Waals surface area contributed by atoms with Crippen molar-refractivity contribution in [1.82, 2.24) is 0 Å². The van der Waals surface area contributed by atoms with Crippen molar-refractivity contribution in [2.24, 2.45) is 0 Å². The summed E-state index contributed by atoms with van der Waals surface area (Å²) >= 11 is 0. The molecule has 12 heavy (non-hydrogen) atoms. The third-order valence-corrected chi connectivity index (χ3v) is 1.73. The van der Waals surface area contributed by atoms with Crippen molar-refractivity contribution < 1.29 is 14.6 Å². The van der Waals surface area contributed by atoms with Crippen molar-refractivity contribution in [3.63, 3.8) is 0 Å². The highest BCUT2D eigenvalue weighted by Gasteiger charge is 2.05. The molecule has 3 heteroatoms. The van der Waals surface area contributed by atoms with Gasteiger partial charge in [-0.25, -0.2) is 4.39 Å². The Morgan fingerprint density at radius 3 is 2.67 bits per heavy atom. The van der Waals surface area contributed by atoms with Gasteiger partial charge in [-0.15, -0.1) is 0 Å². The minimum Gasteiger partial charge on any atom is -0.507 e. The van der Waals surface area contributed by atoms with Crippen molar-refractivity contribution in [2.75, 3.05) is 6.61 Å². The van der Waals surface area contributed by atoms with Gasteiger partial charge in [0.15, 0.2) is 0 Å². The molecule has 0 fully saturated rings. The number of aryl methyl sites for hydroxylation is 1. The van der Waals surface area contributed by atoms with E-state index < -0.39 is 0 Å². The van der Waals surface area contributed by atoms with E-state index in [-0.39, 0.29) is 24.6 Å². The number of hydrogen-bond acceptors (Lipinski definition) is 2. The Balaban J connectivity index is 3.09. The van der Waals surface area contributed by atoms with Crippen molar-refractivity contribution in [2.45, 2.75) is 13.3 Å². The number of aliphatic hydroxyl groups excluding tert-OH is 1. The average molecular weight is 170 g/mol. The largest absolute Gasteiger partial charge is 0.507 e. The van der Waals surface area contributed by atoms with Crippen molar-refractivity contribution in [3.8, 4) is 5.75 Å². The molecular formula is C9H11FO2. The highest BCUT2D eigenvalue weighted by Crippen LogP contribution is 2.23. The molecule has 0 aliphatic rings. The topological polar surface area (TPSA) is 40.5 Å². The van der Waals surface area contributed by atoms with Crippen molar-refractivity contribution in [3.05, 3.63) is 29.1 Å². The van der Waals surface area contributed by atoms with Gasteiger partial charge in [0.1, 0.15) is 11.6 Å². The minimum atomic E-state index is -0.381. The van der Waals surface area contributed by atoms with Crippen LogP contribution < -0.4 is 0 Å². The van der Waals surface area contributed by atoms with Gasteiger partial charge in [-0.1, -0.05) is 0 Å². The maximum Gasteiger partial charge on any atom is 0.124 e. The number of phenols is 1. The molecule has 0 aromatic heterocycles. The summed E-state index contributed by atoms with van der Waals surface area (Å²) in [7, 11) is 0. The second-order valence-corrected chi connectivity index (χ2v) is 2.70. The third-order valence-electron chi connectivity index (χ3n) is 1.73. The molecule has 0 aliphatic carbocycles. The van der Waals surface area contributed by atoms with E-state index in [1.54, 1.807) is 6.92 Å². The van der Waals surface area contributed by atoms with Crippen LogP contribution in [-0.4, -0.2) is 16.8 Å². The number of rotatable bonds is 2. The summed E-state index contributed by atoms with van der Waals surface area (Å²) in [6.07, 6.45) is 0.282. The van der Waals surface area contributed by atoms with Crippen LogP contribution in [0, 0.1) is 12.7 Å². The fourth-order valence-electron chi connectivity index (χ4n) is 1.12. The van der Waals surface area contributed by atoms with Gasteiger partial charge in [-0.3, -0.25) is 0 Å². The molecule has 0 unspecified atom stereocenters. The van der Waals surface area contributed by atoms with E-state index in [0.29, 0.717) is 11.1 Å². The van der Waals surface area contributed by atoms with Crippen LogP contribution in [0.3, 0.4) is 0 Å². The zero-order chi connectivity index (χ0) is 9.14. The summed E-state index contributed by atoms with van der Waals surface area (Å²) in [5, 5.41) is 18.0. The Kier molecular flexibility index (Phi) is 2.65. The zero-order valence-electron chi connectivity index (χ0n) is 6.84. The zero-order valence-corrected chi connectivity index (χ0v) is 6.84.